The molecule has 0 amide bonds. The third kappa shape index (κ3) is 3.32. The van der Waals surface area contributed by atoms with Gasteiger partial charge in [0.25, 0.3) is 0 Å². The van der Waals surface area contributed by atoms with E-state index < -0.39 is 6.10 Å². The van der Waals surface area contributed by atoms with Gasteiger partial charge in [-0.25, -0.2) is 9.97 Å². The van der Waals surface area contributed by atoms with Crippen LogP contribution in [0.4, 0.5) is 0 Å². The van der Waals surface area contributed by atoms with Crippen LogP contribution >= 0.6 is 0 Å². The molecule has 2 aromatic heterocycles. The lowest BCUT2D eigenvalue weighted by Gasteiger charge is -2.34. The molecule has 0 spiro atoms. The molecule has 25 heavy (non-hydrogen) atoms. The molecule has 6 nitrogen and oxygen atoms in total. The van der Waals surface area contributed by atoms with Gasteiger partial charge in [0.05, 0.1) is 17.4 Å². The second-order valence-electron chi connectivity index (χ2n) is 6.95. The van der Waals surface area contributed by atoms with Crippen molar-refractivity contribution in [2.45, 2.75) is 25.5 Å². The molecule has 1 saturated heterocycles. The summed E-state index contributed by atoms with van der Waals surface area (Å²) in [6.45, 7) is 4.02. The zero-order valence-corrected chi connectivity index (χ0v) is 14.6. The molecular weight excluding hydrogens is 314 g/mol. The minimum Gasteiger partial charge on any atom is -0.385 e. The highest BCUT2D eigenvalue weighted by molar-refractivity contribution is 5.74. The first kappa shape index (κ1) is 16.3. The van der Waals surface area contributed by atoms with E-state index in [1.54, 1.807) is 6.20 Å². The van der Waals surface area contributed by atoms with Gasteiger partial charge in [0, 0.05) is 32.5 Å². The van der Waals surface area contributed by atoms with Gasteiger partial charge < -0.3 is 19.1 Å². The number of piperidine rings is 1. The predicted octanol–water partition coefficient (Wildman–Crippen LogP) is 2.22. The molecule has 3 aromatic rings. The Balaban J connectivity index is 1.31. The number of hydrogen-bond donors (Lipinski definition) is 1. The number of aromatic nitrogens is 4. The van der Waals surface area contributed by atoms with Crippen LogP contribution < -0.4 is 0 Å². The normalized spacial score (nSPS) is 18.0. The Hall–Kier alpha value is -2.18. The first-order chi connectivity index (χ1) is 12.2. The number of para-hydroxylation sites is 2. The molecule has 0 bridgehead atoms. The summed E-state index contributed by atoms with van der Waals surface area (Å²) in [6, 6.07) is 8.26. The van der Waals surface area contributed by atoms with Gasteiger partial charge in [-0.2, -0.15) is 0 Å². The van der Waals surface area contributed by atoms with Crippen molar-refractivity contribution in [3.8, 4) is 0 Å². The van der Waals surface area contributed by atoms with Crippen LogP contribution in [0.3, 0.4) is 0 Å². The molecule has 1 atom stereocenters. The Morgan fingerprint density at radius 1 is 1.16 bits per heavy atom. The Labute approximate surface area is 147 Å². The lowest BCUT2D eigenvalue weighted by molar-refractivity contribution is 0.0504. The maximum absolute atomic E-state index is 10.6. The van der Waals surface area contributed by atoms with E-state index in [9.17, 15) is 5.11 Å². The smallest absolute Gasteiger partial charge is 0.137 e. The van der Waals surface area contributed by atoms with Crippen molar-refractivity contribution < 1.29 is 5.11 Å². The van der Waals surface area contributed by atoms with E-state index in [0.29, 0.717) is 5.92 Å². The number of hydrogen-bond acceptors (Lipinski definition) is 4. The highest BCUT2D eigenvalue weighted by Gasteiger charge is 2.28. The fourth-order valence-electron chi connectivity index (χ4n) is 3.80. The second-order valence-corrected chi connectivity index (χ2v) is 6.95. The van der Waals surface area contributed by atoms with Gasteiger partial charge in [0.2, 0.25) is 0 Å². The number of benzene rings is 1. The van der Waals surface area contributed by atoms with Crippen molar-refractivity contribution in [1.29, 1.82) is 0 Å². The second kappa shape index (κ2) is 6.98. The van der Waals surface area contributed by atoms with Crippen LogP contribution in [-0.2, 0) is 13.6 Å². The average Bonchev–Trinajstić information content (AvgIpc) is 3.26. The summed E-state index contributed by atoms with van der Waals surface area (Å²) in [5.41, 5.74) is 2.25. The van der Waals surface area contributed by atoms with Gasteiger partial charge in [-0.1, -0.05) is 12.1 Å². The fourth-order valence-corrected chi connectivity index (χ4v) is 3.80. The molecule has 1 N–H and O–H groups in total. The van der Waals surface area contributed by atoms with Crippen molar-refractivity contribution in [3.05, 3.63) is 48.8 Å². The largest absolute Gasteiger partial charge is 0.385 e. The summed E-state index contributed by atoms with van der Waals surface area (Å²) >= 11 is 0. The molecule has 0 saturated carbocycles. The maximum atomic E-state index is 10.6. The lowest BCUT2D eigenvalue weighted by Crippen LogP contribution is -2.37. The number of likely N-dealkylation sites (tertiary alicyclic amines) is 1. The summed E-state index contributed by atoms with van der Waals surface area (Å²) in [6.07, 6.45) is 7.14. The molecule has 0 aliphatic carbocycles. The number of rotatable bonds is 5. The summed E-state index contributed by atoms with van der Waals surface area (Å²) < 4.78 is 4.14. The molecule has 1 aliphatic rings. The molecule has 6 heteroatoms. The van der Waals surface area contributed by atoms with Crippen LogP contribution in [-0.4, -0.2) is 48.7 Å². The molecular formula is C19H25N5O. The summed E-state index contributed by atoms with van der Waals surface area (Å²) in [4.78, 5) is 11.2. The van der Waals surface area contributed by atoms with E-state index in [1.807, 2.05) is 30.2 Å². The molecule has 1 aromatic carbocycles. The standard InChI is InChI=1S/C19H25N5O/c1-22-11-8-20-19(22)18(25)15-6-9-23(10-7-15)12-13-24-14-21-16-4-2-3-5-17(16)24/h2-5,8,11,14-15,18,25H,6-7,9-10,12-13H2,1H3. The summed E-state index contributed by atoms with van der Waals surface area (Å²) in [7, 11) is 1.94. The SMILES string of the molecule is Cn1ccnc1C(O)C1CCN(CCn2cnc3ccccc32)CC1. The number of aryl methyl sites for hydroxylation is 1. The third-order valence-electron chi connectivity index (χ3n) is 5.39. The van der Waals surface area contributed by atoms with Gasteiger partial charge in [0.1, 0.15) is 11.9 Å². The van der Waals surface area contributed by atoms with E-state index in [-0.39, 0.29) is 0 Å². The predicted molar refractivity (Wildman–Crippen MR) is 97.1 cm³/mol. The molecule has 1 fully saturated rings. The van der Waals surface area contributed by atoms with Crippen LogP contribution in [0.25, 0.3) is 11.0 Å². The lowest BCUT2D eigenvalue weighted by atomic mass is 9.90. The zero-order valence-electron chi connectivity index (χ0n) is 14.6. The highest BCUT2D eigenvalue weighted by atomic mass is 16.3. The van der Waals surface area contributed by atoms with Gasteiger partial charge in [0.15, 0.2) is 0 Å². The maximum Gasteiger partial charge on any atom is 0.137 e. The van der Waals surface area contributed by atoms with Crippen LogP contribution in [0.5, 0.6) is 0 Å². The van der Waals surface area contributed by atoms with Gasteiger partial charge in [-0.05, 0) is 44.0 Å². The fraction of sp³-hybridized carbons (Fsp3) is 0.474. The van der Waals surface area contributed by atoms with E-state index >= 15 is 0 Å². The number of aliphatic hydroxyl groups is 1. The van der Waals surface area contributed by atoms with Crippen molar-refractivity contribution in [2.24, 2.45) is 13.0 Å². The third-order valence-corrected chi connectivity index (χ3v) is 5.39. The van der Waals surface area contributed by atoms with E-state index in [1.165, 1.54) is 5.52 Å². The van der Waals surface area contributed by atoms with E-state index in [2.05, 4.69) is 37.6 Å². The minimum absolute atomic E-state index is 0.298. The Kier molecular flexibility index (Phi) is 4.55. The number of fused-ring (bicyclic) bond motifs is 1. The minimum atomic E-state index is -0.459. The molecule has 0 radical (unpaired) electrons. The van der Waals surface area contributed by atoms with Crippen LogP contribution in [0.1, 0.15) is 24.8 Å². The number of aliphatic hydroxyl groups excluding tert-OH is 1. The van der Waals surface area contributed by atoms with Gasteiger partial charge in [-0.3, -0.25) is 0 Å². The average molecular weight is 339 g/mol. The number of nitrogens with zero attached hydrogens (tertiary/aromatic N) is 5. The van der Waals surface area contributed by atoms with Crippen molar-refractivity contribution >= 4 is 11.0 Å². The topological polar surface area (TPSA) is 59.1 Å². The monoisotopic (exact) mass is 339 g/mol. The number of imidazole rings is 2. The first-order valence-electron chi connectivity index (χ1n) is 9.00. The molecule has 1 unspecified atom stereocenters. The summed E-state index contributed by atoms with van der Waals surface area (Å²) in [5.74, 6) is 1.08. The van der Waals surface area contributed by atoms with Crippen molar-refractivity contribution in [1.82, 2.24) is 24.0 Å². The highest BCUT2D eigenvalue weighted by Crippen LogP contribution is 2.29. The molecule has 132 valence electrons. The van der Waals surface area contributed by atoms with Crippen LogP contribution in [0.2, 0.25) is 0 Å². The Morgan fingerprint density at radius 2 is 1.96 bits per heavy atom. The molecule has 3 heterocycles. The Morgan fingerprint density at radius 3 is 2.72 bits per heavy atom. The van der Waals surface area contributed by atoms with Crippen LogP contribution in [0, 0.1) is 5.92 Å². The van der Waals surface area contributed by atoms with Gasteiger partial charge in [-0.15, -0.1) is 0 Å². The zero-order chi connectivity index (χ0) is 17.2. The van der Waals surface area contributed by atoms with Crippen molar-refractivity contribution in [3.63, 3.8) is 0 Å². The quantitative estimate of drug-likeness (QED) is 0.774. The van der Waals surface area contributed by atoms with Crippen molar-refractivity contribution in [2.75, 3.05) is 19.6 Å². The van der Waals surface area contributed by atoms with Gasteiger partial charge >= 0.3 is 0 Å². The first-order valence-corrected chi connectivity index (χ1v) is 9.00. The van der Waals surface area contributed by atoms with Crippen LogP contribution in [0.15, 0.2) is 43.0 Å². The Bertz CT molecular complexity index is 831. The molecule has 1 aliphatic heterocycles. The van der Waals surface area contributed by atoms with E-state index in [4.69, 9.17) is 0 Å². The summed E-state index contributed by atoms with van der Waals surface area (Å²) in [5, 5.41) is 10.6. The molecule has 4 rings (SSSR count). The van der Waals surface area contributed by atoms with E-state index in [0.717, 1.165) is 50.4 Å².